The second-order valence-electron chi connectivity index (χ2n) is 13.2. The molecule has 0 radical (unpaired) electrons. The number of carbonyl (C=O) groups excluding carboxylic acids is 1. The highest BCUT2D eigenvalue weighted by molar-refractivity contribution is 5.92. The van der Waals surface area contributed by atoms with Crippen LogP contribution in [-0.4, -0.2) is 71.3 Å². The molecular formula is C34H42N2O4. The van der Waals surface area contributed by atoms with Crippen molar-refractivity contribution in [3.8, 4) is 11.5 Å². The molecule has 5 aliphatic rings. The lowest BCUT2D eigenvalue weighted by atomic mass is 9.48. The summed E-state index contributed by atoms with van der Waals surface area (Å²) < 4.78 is 12.8. The number of hydrogen-bond donors (Lipinski definition) is 1. The number of aliphatic hydroxyl groups is 1. The lowest BCUT2D eigenvalue weighted by molar-refractivity contribution is -0.201. The predicted molar refractivity (Wildman–Crippen MR) is 155 cm³/mol. The Labute approximate surface area is 238 Å². The third kappa shape index (κ3) is 3.86. The third-order valence-electron chi connectivity index (χ3n) is 10.4. The van der Waals surface area contributed by atoms with Gasteiger partial charge < -0.3 is 19.5 Å². The molecule has 0 aromatic heterocycles. The van der Waals surface area contributed by atoms with Crippen LogP contribution in [0, 0.1) is 11.8 Å². The minimum absolute atomic E-state index is 0.00895. The van der Waals surface area contributed by atoms with E-state index in [0.717, 1.165) is 60.9 Å². The van der Waals surface area contributed by atoms with Crippen LogP contribution in [0.25, 0.3) is 6.08 Å². The van der Waals surface area contributed by atoms with E-state index in [4.69, 9.17) is 9.47 Å². The molecule has 2 bridgehead atoms. The Bertz CT molecular complexity index is 1320. The first-order valence-corrected chi connectivity index (χ1v) is 15.2. The van der Waals surface area contributed by atoms with Crippen molar-refractivity contribution < 1.29 is 19.4 Å². The molecule has 7 rings (SSSR count). The first kappa shape index (κ1) is 26.1. The fourth-order valence-corrected chi connectivity index (χ4v) is 8.53. The molecule has 2 saturated carbocycles. The number of carbonyl (C=O) groups is 1. The van der Waals surface area contributed by atoms with Gasteiger partial charge in [-0.2, -0.15) is 0 Å². The fraction of sp³-hybridized carbons (Fsp3) is 0.559. The van der Waals surface area contributed by atoms with Gasteiger partial charge in [-0.1, -0.05) is 50.2 Å². The summed E-state index contributed by atoms with van der Waals surface area (Å²) in [6, 6.07) is 14.2. The Hall–Kier alpha value is -2.83. The highest BCUT2D eigenvalue weighted by Crippen LogP contribution is 2.66. The summed E-state index contributed by atoms with van der Waals surface area (Å²) in [5.74, 6) is 2.61. The van der Waals surface area contributed by atoms with Gasteiger partial charge in [0.05, 0.1) is 24.2 Å². The lowest BCUT2D eigenvalue weighted by Crippen LogP contribution is -2.78. The van der Waals surface area contributed by atoms with Crippen molar-refractivity contribution in [1.29, 1.82) is 0 Å². The van der Waals surface area contributed by atoms with Gasteiger partial charge in [0.25, 0.3) is 0 Å². The van der Waals surface area contributed by atoms with E-state index in [0.29, 0.717) is 18.9 Å². The summed E-state index contributed by atoms with van der Waals surface area (Å²) in [7, 11) is 1.69. The molecule has 1 spiro atoms. The summed E-state index contributed by atoms with van der Waals surface area (Å²) in [6.45, 7) is 7.01. The van der Waals surface area contributed by atoms with Gasteiger partial charge in [0.2, 0.25) is 5.91 Å². The van der Waals surface area contributed by atoms with Gasteiger partial charge in [0, 0.05) is 30.8 Å². The van der Waals surface area contributed by atoms with Crippen molar-refractivity contribution in [2.45, 2.75) is 81.6 Å². The number of rotatable bonds is 8. The number of methoxy groups -OCH3 is 1. The highest BCUT2D eigenvalue weighted by Gasteiger charge is 2.73. The highest BCUT2D eigenvalue weighted by atomic mass is 16.5. The number of nitrogens with zero attached hydrogens (tertiary/aromatic N) is 2. The van der Waals surface area contributed by atoms with Crippen LogP contribution in [0.2, 0.25) is 0 Å². The van der Waals surface area contributed by atoms with Crippen molar-refractivity contribution >= 4 is 12.0 Å². The van der Waals surface area contributed by atoms with E-state index in [-0.39, 0.29) is 24.1 Å². The second-order valence-corrected chi connectivity index (χ2v) is 13.2. The first-order chi connectivity index (χ1) is 19.4. The van der Waals surface area contributed by atoms with Gasteiger partial charge in [0.1, 0.15) is 6.10 Å². The maximum absolute atomic E-state index is 13.9. The summed E-state index contributed by atoms with van der Waals surface area (Å²) in [5, 5.41) is 12.9. The summed E-state index contributed by atoms with van der Waals surface area (Å²) in [6.07, 6.45) is 9.00. The number of benzene rings is 2. The van der Waals surface area contributed by atoms with Crippen molar-refractivity contribution in [2.75, 3.05) is 26.7 Å². The van der Waals surface area contributed by atoms with E-state index >= 15 is 0 Å². The van der Waals surface area contributed by atoms with Crippen molar-refractivity contribution in [3.63, 3.8) is 0 Å². The molecule has 40 heavy (non-hydrogen) atoms. The zero-order chi connectivity index (χ0) is 27.6. The van der Waals surface area contributed by atoms with Crippen LogP contribution in [0.4, 0.5) is 0 Å². The van der Waals surface area contributed by atoms with Crippen LogP contribution in [0.1, 0.15) is 62.6 Å². The Morgan fingerprint density at radius 2 is 1.98 bits per heavy atom. The van der Waals surface area contributed by atoms with Gasteiger partial charge in [-0.05, 0) is 80.2 Å². The van der Waals surface area contributed by atoms with Gasteiger partial charge >= 0.3 is 0 Å². The molecule has 2 heterocycles. The molecule has 6 heteroatoms. The van der Waals surface area contributed by atoms with Crippen molar-refractivity contribution in [3.05, 3.63) is 65.2 Å². The zero-order valence-corrected chi connectivity index (χ0v) is 24.0. The third-order valence-corrected chi connectivity index (χ3v) is 10.4. The summed E-state index contributed by atoms with van der Waals surface area (Å²) >= 11 is 0. The van der Waals surface area contributed by atoms with Crippen LogP contribution in [0.3, 0.4) is 0 Å². The Balaban J connectivity index is 1.30. The minimum atomic E-state index is -0.891. The quantitative estimate of drug-likeness (QED) is 0.485. The molecule has 2 aromatic carbocycles. The summed E-state index contributed by atoms with van der Waals surface area (Å²) in [4.78, 5) is 18.5. The van der Waals surface area contributed by atoms with Crippen LogP contribution >= 0.6 is 0 Å². The molecule has 1 saturated heterocycles. The topological polar surface area (TPSA) is 62.2 Å². The predicted octanol–water partition coefficient (Wildman–Crippen LogP) is 4.83. The smallest absolute Gasteiger partial charge is 0.246 e. The lowest BCUT2D eigenvalue weighted by Gasteiger charge is -2.65. The number of likely N-dealkylation sites (tertiary alicyclic amines) is 1. The van der Waals surface area contributed by atoms with Gasteiger partial charge in [0.15, 0.2) is 11.5 Å². The van der Waals surface area contributed by atoms with Crippen molar-refractivity contribution in [1.82, 2.24) is 9.80 Å². The largest absolute Gasteiger partial charge is 0.493 e. The maximum atomic E-state index is 13.9. The first-order valence-electron chi connectivity index (χ1n) is 15.2. The summed E-state index contributed by atoms with van der Waals surface area (Å²) in [5.41, 5.74) is 2.01. The molecule has 2 aliphatic heterocycles. The van der Waals surface area contributed by atoms with E-state index in [2.05, 4.69) is 24.8 Å². The van der Waals surface area contributed by atoms with E-state index in [1.807, 2.05) is 47.4 Å². The van der Waals surface area contributed by atoms with Crippen LogP contribution < -0.4 is 9.47 Å². The molecule has 212 valence electrons. The zero-order valence-electron chi connectivity index (χ0n) is 24.0. The molecule has 6 nitrogen and oxygen atoms in total. The van der Waals surface area contributed by atoms with E-state index in [1.165, 1.54) is 18.4 Å². The van der Waals surface area contributed by atoms with Crippen molar-refractivity contribution in [2.24, 2.45) is 11.8 Å². The average molecular weight is 543 g/mol. The molecule has 5 atom stereocenters. The maximum Gasteiger partial charge on any atom is 0.246 e. The number of hydrogen-bond acceptors (Lipinski definition) is 5. The molecular weight excluding hydrogens is 500 g/mol. The van der Waals surface area contributed by atoms with Crippen LogP contribution in [0.5, 0.6) is 11.5 Å². The standard InChI is InChI=1S/C34H42N2O4/c1-22(2)20-36(29(37)14-11-23-7-5-4-6-8-23)26-15-16-34(38)28-19-25-12-13-27(39-3)31-30(25)33(34,32(26)40-31)17-18-35(28)21-24-9-10-24/h4-8,11-14,22,24,26,28,32,38H,9-10,15-21H2,1-3H3/t26-,28+,32-,33-,34+/m0/s1. The van der Waals surface area contributed by atoms with Crippen LogP contribution in [0.15, 0.2) is 48.5 Å². The number of amides is 1. The molecule has 1 amide bonds. The molecule has 1 N–H and O–H groups in total. The molecule has 2 aromatic rings. The average Bonchev–Trinajstić information content (AvgIpc) is 3.70. The van der Waals surface area contributed by atoms with Crippen LogP contribution in [-0.2, 0) is 16.6 Å². The van der Waals surface area contributed by atoms with E-state index < -0.39 is 11.0 Å². The van der Waals surface area contributed by atoms with E-state index in [9.17, 15) is 9.90 Å². The Morgan fingerprint density at radius 3 is 2.70 bits per heavy atom. The number of piperidine rings is 1. The molecule has 3 fully saturated rings. The van der Waals surface area contributed by atoms with Gasteiger partial charge in [-0.15, -0.1) is 0 Å². The second kappa shape index (κ2) is 9.63. The van der Waals surface area contributed by atoms with E-state index in [1.54, 1.807) is 13.2 Å². The molecule has 3 aliphatic carbocycles. The fourth-order valence-electron chi connectivity index (χ4n) is 8.53. The SMILES string of the molecule is COc1ccc2c3c1O[C@H]1[C@@H](N(CC(C)C)C(=O)C=Cc4ccccc4)CC[C@@]4(O)[C@@H](C2)N(CC2CC2)CC[C@]314. The normalized spacial score (nSPS) is 32.2. The van der Waals surface area contributed by atoms with Gasteiger partial charge in [-0.25, -0.2) is 0 Å². The number of ether oxygens (including phenoxy) is 2. The monoisotopic (exact) mass is 542 g/mol. The molecule has 0 unspecified atom stereocenters. The Morgan fingerprint density at radius 1 is 1.18 bits per heavy atom. The Kier molecular flexibility index (Phi) is 6.28. The minimum Gasteiger partial charge on any atom is -0.493 e. The van der Waals surface area contributed by atoms with Gasteiger partial charge in [-0.3, -0.25) is 9.69 Å².